The zero-order chi connectivity index (χ0) is 7.61. The number of hydrogen-bond acceptors (Lipinski definition) is 1. The van der Waals surface area contributed by atoms with Gasteiger partial charge in [-0.1, -0.05) is 19.1 Å². The van der Waals surface area contributed by atoms with Crippen LogP contribution in [0.25, 0.3) is 0 Å². The van der Waals surface area contributed by atoms with Gasteiger partial charge in [-0.25, -0.2) is 0 Å². The highest BCUT2D eigenvalue weighted by Crippen LogP contribution is 2.35. The average Bonchev–Trinajstić information content (AvgIpc) is 1.89. The molecule has 0 unspecified atom stereocenters. The van der Waals surface area contributed by atoms with Crippen molar-refractivity contribution >= 4 is 0 Å². The molecule has 0 radical (unpaired) electrons. The van der Waals surface area contributed by atoms with E-state index in [0.29, 0.717) is 5.41 Å². The molecular formula is C9H16O. The van der Waals surface area contributed by atoms with E-state index in [1.165, 1.54) is 5.57 Å². The summed E-state index contributed by atoms with van der Waals surface area (Å²) in [6, 6.07) is 0. The minimum Gasteiger partial charge on any atom is -0.381 e. The number of allylic oxidation sites excluding steroid dienone is 1. The Balaban J connectivity index is 2.56. The van der Waals surface area contributed by atoms with Gasteiger partial charge in [0.1, 0.15) is 0 Å². The average molecular weight is 140 g/mol. The Kier molecular flexibility index (Phi) is 2.14. The van der Waals surface area contributed by atoms with E-state index < -0.39 is 0 Å². The first-order chi connectivity index (χ1) is 4.65. The smallest absolute Gasteiger partial charge is 0.0474 e. The molecule has 1 saturated heterocycles. The van der Waals surface area contributed by atoms with Gasteiger partial charge in [-0.05, 0) is 25.2 Å². The van der Waals surface area contributed by atoms with Gasteiger partial charge in [0, 0.05) is 13.2 Å². The van der Waals surface area contributed by atoms with Crippen molar-refractivity contribution < 1.29 is 4.74 Å². The van der Waals surface area contributed by atoms with Crippen LogP contribution >= 0.6 is 0 Å². The molecule has 0 aromatic heterocycles. The molecule has 0 aromatic carbocycles. The fraction of sp³-hybridized carbons (Fsp3) is 0.778. The molecule has 58 valence electrons. The third kappa shape index (κ3) is 1.40. The third-order valence-corrected chi connectivity index (χ3v) is 2.63. The predicted molar refractivity (Wildman–Crippen MR) is 43.0 cm³/mol. The summed E-state index contributed by atoms with van der Waals surface area (Å²) in [5.41, 5.74) is 1.66. The molecule has 10 heavy (non-hydrogen) atoms. The number of ether oxygens (including phenoxy) is 1. The van der Waals surface area contributed by atoms with Crippen LogP contribution in [0.5, 0.6) is 0 Å². The van der Waals surface area contributed by atoms with E-state index in [2.05, 4.69) is 20.4 Å². The van der Waals surface area contributed by atoms with Crippen molar-refractivity contribution in [2.45, 2.75) is 26.7 Å². The largest absolute Gasteiger partial charge is 0.381 e. The molecule has 0 atom stereocenters. The highest BCUT2D eigenvalue weighted by atomic mass is 16.5. The van der Waals surface area contributed by atoms with Crippen LogP contribution in [0, 0.1) is 5.41 Å². The van der Waals surface area contributed by atoms with Gasteiger partial charge in [0.05, 0.1) is 0 Å². The lowest BCUT2D eigenvalue weighted by atomic mass is 9.77. The molecule has 1 heteroatoms. The number of hydrogen-bond donors (Lipinski definition) is 0. The van der Waals surface area contributed by atoms with Crippen LogP contribution in [-0.2, 0) is 4.74 Å². The molecular weight excluding hydrogens is 124 g/mol. The zero-order valence-corrected chi connectivity index (χ0v) is 6.94. The molecule has 0 aromatic rings. The Morgan fingerprint density at radius 2 is 1.90 bits per heavy atom. The first-order valence-electron chi connectivity index (χ1n) is 3.89. The molecule has 0 amide bonds. The van der Waals surface area contributed by atoms with E-state index in [9.17, 15) is 0 Å². The minimum atomic E-state index is 0.359. The van der Waals surface area contributed by atoms with Gasteiger partial charge in [0.15, 0.2) is 0 Å². The Morgan fingerprint density at radius 3 is 2.20 bits per heavy atom. The topological polar surface area (TPSA) is 9.23 Å². The molecule has 1 nitrogen and oxygen atoms in total. The lowest BCUT2D eigenvalue weighted by Crippen LogP contribution is -2.27. The third-order valence-electron chi connectivity index (χ3n) is 2.63. The van der Waals surface area contributed by atoms with Crippen LogP contribution in [0.15, 0.2) is 12.2 Å². The molecule has 0 saturated carbocycles. The molecule has 0 aliphatic carbocycles. The second-order valence-electron chi connectivity index (χ2n) is 3.45. The first kappa shape index (κ1) is 7.80. The standard InChI is InChI=1S/C9H16O/c1-8(2)9(3)4-6-10-7-5-9/h1,4-7H2,2-3H3. The van der Waals surface area contributed by atoms with E-state index in [1.54, 1.807) is 0 Å². The summed E-state index contributed by atoms with van der Waals surface area (Å²) in [4.78, 5) is 0. The first-order valence-corrected chi connectivity index (χ1v) is 3.89. The van der Waals surface area contributed by atoms with Gasteiger partial charge in [0.25, 0.3) is 0 Å². The van der Waals surface area contributed by atoms with Gasteiger partial charge >= 0.3 is 0 Å². The van der Waals surface area contributed by atoms with Gasteiger partial charge in [-0.3, -0.25) is 0 Å². The van der Waals surface area contributed by atoms with Crippen molar-refractivity contribution in [3.05, 3.63) is 12.2 Å². The van der Waals surface area contributed by atoms with Crippen LogP contribution in [0.4, 0.5) is 0 Å². The second kappa shape index (κ2) is 2.75. The van der Waals surface area contributed by atoms with Crippen LogP contribution in [0.1, 0.15) is 26.7 Å². The van der Waals surface area contributed by atoms with Crippen LogP contribution in [-0.4, -0.2) is 13.2 Å². The maximum atomic E-state index is 5.27. The molecule has 1 aliphatic rings. The van der Waals surface area contributed by atoms with Crippen molar-refractivity contribution in [2.24, 2.45) is 5.41 Å². The molecule has 1 aliphatic heterocycles. The Labute approximate surface area is 63.1 Å². The van der Waals surface area contributed by atoms with Crippen LogP contribution in [0.2, 0.25) is 0 Å². The molecule has 1 rings (SSSR count). The molecule has 1 fully saturated rings. The molecule has 0 spiro atoms. The summed E-state index contributed by atoms with van der Waals surface area (Å²) >= 11 is 0. The minimum absolute atomic E-state index is 0.359. The Bertz CT molecular complexity index is 132. The lowest BCUT2D eigenvalue weighted by molar-refractivity contribution is 0.0404. The highest BCUT2D eigenvalue weighted by molar-refractivity contribution is 5.05. The monoisotopic (exact) mass is 140 g/mol. The second-order valence-corrected chi connectivity index (χ2v) is 3.45. The number of rotatable bonds is 1. The summed E-state index contributed by atoms with van der Waals surface area (Å²) in [5.74, 6) is 0. The van der Waals surface area contributed by atoms with Gasteiger partial charge in [-0.15, -0.1) is 0 Å². The normalized spacial score (nSPS) is 24.2. The Hall–Kier alpha value is -0.300. The van der Waals surface area contributed by atoms with Gasteiger partial charge in [0.2, 0.25) is 0 Å². The van der Waals surface area contributed by atoms with E-state index in [4.69, 9.17) is 4.74 Å². The van der Waals surface area contributed by atoms with E-state index in [1.807, 2.05) is 0 Å². The summed E-state index contributed by atoms with van der Waals surface area (Å²) < 4.78 is 5.27. The Morgan fingerprint density at radius 1 is 1.40 bits per heavy atom. The summed E-state index contributed by atoms with van der Waals surface area (Å²) in [6.45, 7) is 10.2. The maximum absolute atomic E-state index is 5.27. The zero-order valence-electron chi connectivity index (χ0n) is 6.94. The van der Waals surface area contributed by atoms with E-state index >= 15 is 0 Å². The van der Waals surface area contributed by atoms with Gasteiger partial charge in [-0.2, -0.15) is 0 Å². The summed E-state index contributed by atoms with van der Waals surface area (Å²) in [7, 11) is 0. The lowest BCUT2D eigenvalue weighted by Gasteiger charge is -2.33. The molecule has 1 heterocycles. The molecule has 0 N–H and O–H groups in total. The van der Waals surface area contributed by atoms with Crippen molar-refractivity contribution in [1.29, 1.82) is 0 Å². The van der Waals surface area contributed by atoms with E-state index in [0.717, 1.165) is 26.1 Å². The van der Waals surface area contributed by atoms with E-state index in [-0.39, 0.29) is 0 Å². The predicted octanol–water partition coefficient (Wildman–Crippen LogP) is 2.38. The quantitative estimate of drug-likeness (QED) is 0.508. The van der Waals surface area contributed by atoms with Crippen molar-refractivity contribution in [2.75, 3.05) is 13.2 Å². The maximum Gasteiger partial charge on any atom is 0.0474 e. The molecule has 0 bridgehead atoms. The fourth-order valence-corrected chi connectivity index (χ4v) is 1.25. The van der Waals surface area contributed by atoms with Crippen molar-refractivity contribution in [1.82, 2.24) is 0 Å². The fourth-order valence-electron chi connectivity index (χ4n) is 1.25. The van der Waals surface area contributed by atoms with Crippen LogP contribution < -0.4 is 0 Å². The summed E-state index contributed by atoms with van der Waals surface area (Å²) in [5, 5.41) is 0. The van der Waals surface area contributed by atoms with Crippen molar-refractivity contribution in [3.8, 4) is 0 Å². The van der Waals surface area contributed by atoms with Crippen LogP contribution in [0.3, 0.4) is 0 Å². The van der Waals surface area contributed by atoms with Crippen molar-refractivity contribution in [3.63, 3.8) is 0 Å². The highest BCUT2D eigenvalue weighted by Gasteiger charge is 2.27. The van der Waals surface area contributed by atoms with Gasteiger partial charge < -0.3 is 4.74 Å². The summed E-state index contributed by atoms with van der Waals surface area (Å²) in [6.07, 6.45) is 2.28. The SMILES string of the molecule is C=C(C)C1(C)CCOCC1.